The molecule has 2 aromatic rings. The van der Waals surface area contributed by atoms with Gasteiger partial charge in [-0.15, -0.1) is 35.3 Å². The number of nitrogens with one attached hydrogen (secondary N) is 2. The van der Waals surface area contributed by atoms with Crippen molar-refractivity contribution >= 4 is 41.3 Å². The Kier molecular flexibility index (Phi) is 10.3. The van der Waals surface area contributed by atoms with E-state index in [1.54, 1.807) is 11.3 Å². The molecule has 3 rings (SSSR count). The van der Waals surface area contributed by atoms with E-state index >= 15 is 0 Å². The van der Waals surface area contributed by atoms with Crippen molar-refractivity contribution in [3.8, 4) is 0 Å². The fourth-order valence-electron chi connectivity index (χ4n) is 3.46. The van der Waals surface area contributed by atoms with Crippen molar-refractivity contribution in [3.05, 3.63) is 57.8 Å². The lowest BCUT2D eigenvalue weighted by molar-refractivity contribution is -0.0250. The smallest absolute Gasteiger partial charge is 0.191 e. The number of rotatable bonds is 7. The van der Waals surface area contributed by atoms with Crippen LogP contribution in [0.15, 0.2) is 46.8 Å². The first-order valence-corrected chi connectivity index (χ1v) is 10.9. The summed E-state index contributed by atoms with van der Waals surface area (Å²) in [6, 6.07) is 13.0. The van der Waals surface area contributed by atoms with Gasteiger partial charge in [0.15, 0.2) is 5.96 Å². The van der Waals surface area contributed by atoms with Gasteiger partial charge in [0.2, 0.25) is 0 Å². The number of benzene rings is 1. The van der Waals surface area contributed by atoms with Gasteiger partial charge in [0.25, 0.3) is 0 Å². The molecule has 0 amide bonds. The summed E-state index contributed by atoms with van der Waals surface area (Å²) in [5, 5.41) is 8.96. The molecule has 1 aromatic carbocycles. The van der Waals surface area contributed by atoms with E-state index in [0.717, 1.165) is 51.5 Å². The van der Waals surface area contributed by atoms with E-state index in [-0.39, 0.29) is 30.1 Å². The van der Waals surface area contributed by atoms with E-state index in [4.69, 9.17) is 9.73 Å². The van der Waals surface area contributed by atoms with Crippen molar-refractivity contribution in [1.29, 1.82) is 0 Å². The Balaban J connectivity index is 0.00000280. The van der Waals surface area contributed by atoms with E-state index in [1.807, 2.05) is 0 Å². The highest BCUT2D eigenvalue weighted by Gasteiger charge is 2.27. The van der Waals surface area contributed by atoms with Gasteiger partial charge in [-0.05, 0) is 50.1 Å². The zero-order valence-corrected chi connectivity index (χ0v) is 20.0. The molecular formula is C22H32IN3OS. The van der Waals surface area contributed by atoms with Crippen LogP contribution < -0.4 is 10.6 Å². The van der Waals surface area contributed by atoms with Gasteiger partial charge < -0.3 is 15.4 Å². The lowest BCUT2D eigenvalue weighted by Crippen LogP contribution is -2.39. The molecule has 0 radical (unpaired) electrons. The predicted molar refractivity (Wildman–Crippen MR) is 130 cm³/mol. The minimum atomic E-state index is 0. The number of hydrogen-bond acceptors (Lipinski definition) is 3. The van der Waals surface area contributed by atoms with Crippen molar-refractivity contribution in [2.45, 2.75) is 39.2 Å². The summed E-state index contributed by atoms with van der Waals surface area (Å²) in [6.45, 7) is 7.63. The standard InChI is InChI=1S/C22H31N3OS.HI/c1-3-23-22(24-13-12-20-7-5-15-27-20)25-16-19-6-4-14-26-21(19)18-10-8-17(2)9-11-18;/h5,7-11,15,19,21H,3-4,6,12-14,16H2,1-2H3,(H2,23,24,25);1H. The van der Waals surface area contributed by atoms with Crippen molar-refractivity contribution in [3.63, 3.8) is 0 Å². The molecule has 1 saturated heterocycles. The molecule has 2 heterocycles. The second kappa shape index (κ2) is 12.4. The van der Waals surface area contributed by atoms with Gasteiger partial charge in [0, 0.05) is 37.0 Å². The molecule has 0 spiro atoms. The van der Waals surface area contributed by atoms with Gasteiger partial charge in [0.05, 0.1) is 6.10 Å². The molecule has 0 bridgehead atoms. The van der Waals surface area contributed by atoms with Gasteiger partial charge in [0.1, 0.15) is 0 Å². The molecule has 0 aliphatic carbocycles. The normalized spacial score (nSPS) is 19.7. The Bertz CT molecular complexity index is 703. The van der Waals surface area contributed by atoms with E-state index in [9.17, 15) is 0 Å². The third kappa shape index (κ3) is 7.04. The molecule has 154 valence electrons. The predicted octanol–water partition coefficient (Wildman–Crippen LogP) is 4.94. The number of thiophene rings is 1. The van der Waals surface area contributed by atoms with Crippen LogP contribution in [0.4, 0.5) is 0 Å². The molecule has 1 aromatic heterocycles. The summed E-state index contributed by atoms with van der Waals surface area (Å²) >= 11 is 1.81. The number of halogens is 1. The topological polar surface area (TPSA) is 45.7 Å². The maximum atomic E-state index is 6.13. The first-order chi connectivity index (χ1) is 13.3. The van der Waals surface area contributed by atoms with Crippen LogP contribution in [-0.4, -0.2) is 32.2 Å². The highest BCUT2D eigenvalue weighted by molar-refractivity contribution is 14.0. The van der Waals surface area contributed by atoms with Crippen LogP contribution in [-0.2, 0) is 11.2 Å². The zero-order chi connectivity index (χ0) is 18.9. The van der Waals surface area contributed by atoms with Gasteiger partial charge in [-0.2, -0.15) is 0 Å². The Morgan fingerprint density at radius 2 is 2.04 bits per heavy atom. The summed E-state index contributed by atoms with van der Waals surface area (Å²) in [5.74, 6) is 1.33. The van der Waals surface area contributed by atoms with Crippen molar-refractivity contribution in [2.24, 2.45) is 10.9 Å². The summed E-state index contributed by atoms with van der Waals surface area (Å²) in [5.41, 5.74) is 2.56. The van der Waals surface area contributed by atoms with Gasteiger partial charge in [-0.1, -0.05) is 35.9 Å². The van der Waals surface area contributed by atoms with Crippen LogP contribution in [0.5, 0.6) is 0 Å². The molecule has 0 saturated carbocycles. The average molecular weight is 513 g/mol. The molecule has 4 nitrogen and oxygen atoms in total. The second-order valence-electron chi connectivity index (χ2n) is 7.08. The van der Waals surface area contributed by atoms with E-state index in [1.165, 1.54) is 16.0 Å². The monoisotopic (exact) mass is 513 g/mol. The third-order valence-electron chi connectivity index (χ3n) is 4.92. The lowest BCUT2D eigenvalue weighted by Gasteiger charge is -2.31. The van der Waals surface area contributed by atoms with Crippen LogP contribution in [0.25, 0.3) is 0 Å². The molecule has 2 atom stereocenters. The second-order valence-corrected chi connectivity index (χ2v) is 8.11. The maximum absolute atomic E-state index is 6.13. The Hall–Kier alpha value is -1.12. The maximum Gasteiger partial charge on any atom is 0.191 e. The molecule has 1 aliphatic heterocycles. The number of hydrogen-bond donors (Lipinski definition) is 2. The van der Waals surface area contributed by atoms with E-state index in [0.29, 0.717) is 5.92 Å². The third-order valence-corrected chi connectivity index (χ3v) is 5.86. The molecular weight excluding hydrogens is 481 g/mol. The van der Waals surface area contributed by atoms with Crippen LogP contribution in [0.2, 0.25) is 0 Å². The fourth-order valence-corrected chi connectivity index (χ4v) is 4.17. The molecule has 6 heteroatoms. The van der Waals surface area contributed by atoms with Crippen LogP contribution in [0, 0.1) is 12.8 Å². The fraction of sp³-hybridized carbons (Fsp3) is 0.500. The first kappa shape index (κ1) is 23.2. The van der Waals surface area contributed by atoms with Crippen molar-refractivity contribution in [2.75, 3.05) is 26.2 Å². The molecule has 2 unspecified atom stereocenters. The van der Waals surface area contributed by atoms with Crippen molar-refractivity contribution in [1.82, 2.24) is 10.6 Å². The van der Waals surface area contributed by atoms with Gasteiger partial charge in [-0.3, -0.25) is 4.99 Å². The summed E-state index contributed by atoms with van der Waals surface area (Å²) in [4.78, 5) is 6.27. The highest BCUT2D eigenvalue weighted by Crippen LogP contribution is 2.33. The molecule has 28 heavy (non-hydrogen) atoms. The number of aryl methyl sites for hydroxylation is 1. The van der Waals surface area contributed by atoms with Gasteiger partial charge >= 0.3 is 0 Å². The van der Waals surface area contributed by atoms with Crippen LogP contribution in [0.3, 0.4) is 0 Å². The number of aliphatic imine (C=N–C) groups is 1. The van der Waals surface area contributed by atoms with Crippen LogP contribution >= 0.6 is 35.3 Å². The van der Waals surface area contributed by atoms with Crippen molar-refractivity contribution < 1.29 is 4.74 Å². The molecule has 1 aliphatic rings. The summed E-state index contributed by atoms with van der Waals surface area (Å²) in [6.07, 6.45) is 3.46. The minimum absolute atomic E-state index is 0. The number of guanidine groups is 1. The summed E-state index contributed by atoms with van der Waals surface area (Å²) < 4.78 is 6.13. The molecule has 2 N–H and O–H groups in total. The lowest BCUT2D eigenvalue weighted by atomic mass is 9.89. The van der Waals surface area contributed by atoms with E-state index < -0.39 is 0 Å². The first-order valence-electron chi connectivity index (χ1n) is 9.99. The largest absolute Gasteiger partial charge is 0.373 e. The Morgan fingerprint density at radius 1 is 1.21 bits per heavy atom. The molecule has 1 fully saturated rings. The average Bonchev–Trinajstić information content (AvgIpc) is 3.20. The van der Waals surface area contributed by atoms with E-state index in [2.05, 4.69) is 66.3 Å². The SMILES string of the molecule is CCNC(=NCC1CCCOC1c1ccc(C)cc1)NCCc1cccs1.I. The van der Waals surface area contributed by atoms with Crippen LogP contribution in [0.1, 0.15) is 41.9 Å². The number of nitrogens with zero attached hydrogens (tertiary/aromatic N) is 1. The quantitative estimate of drug-likeness (QED) is 0.313. The minimum Gasteiger partial charge on any atom is -0.373 e. The highest BCUT2D eigenvalue weighted by atomic mass is 127. The van der Waals surface area contributed by atoms with Gasteiger partial charge in [-0.25, -0.2) is 0 Å². The Morgan fingerprint density at radius 3 is 2.75 bits per heavy atom. The number of ether oxygens (including phenoxy) is 1. The summed E-state index contributed by atoms with van der Waals surface area (Å²) in [7, 11) is 0. The zero-order valence-electron chi connectivity index (χ0n) is 16.8. The Labute approximate surface area is 190 Å².